The lowest BCUT2D eigenvalue weighted by atomic mass is 10.4. The van der Waals surface area contributed by atoms with Gasteiger partial charge in [-0.05, 0) is 11.4 Å². The van der Waals surface area contributed by atoms with Gasteiger partial charge in [0.15, 0.2) is 0 Å². The Hall–Kier alpha value is -1.48. The average Bonchev–Trinajstić information content (AvgIpc) is 2.93. The summed E-state index contributed by atoms with van der Waals surface area (Å²) in [6.45, 7) is 3.09. The van der Waals surface area contributed by atoms with Crippen LogP contribution in [0.1, 0.15) is 0 Å². The molecule has 2 heterocycles. The second-order valence-electron chi connectivity index (χ2n) is 4.09. The molecule has 0 fully saturated rings. The second kappa shape index (κ2) is 8.73. The van der Waals surface area contributed by atoms with Crippen LogP contribution < -0.4 is 10.5 Å². The fourth-order valence-electron chi connectivity index (χ4n) is 1.62. The molecule has 116 valence electrons. The van der Waals surface area contributed by atoms with Crippen LogP contribution in [-0.4, -0.2) is 56.7 Å². The summed E-state index contributed by atoms with van der Waals surface area (Å²) in [4.78, 5) is 9.06. The first-order valence-corrected chi connectivity index (χ1v) is 7.47. The Morgan fingerprint density at radius 2 is 1.76 bits per heavy atom. The van der Waals surface area contributed by atoms with Gasteiger partial charge in [0, 0.05) is 7.11 Å². The average molecular weight is 313 g/mol. The SMILES string of the molecule is COCCOCCOCCOc1nc(N)nc2sccc12. The van der Waals surface area contributed by atoms with E-state index in [2.05, 4.69) is 9.97 Å². The molecule has 0 saturated carbocycles. The van der Waals surface area contributed by atoms with E-state index < -0.39 is 0 Å². The normalized spacial score (nSPS) is 11.1. The quantitative estimate of drug-likeness (QED) is 0.662. The van der Waals surface area contributed by atoms with Crippen molar-refractivity contribution in [3.63, 3.8) is 0 Å². The van der Waals surface area contributed by atoms with Gasteiger partial charge in [-0.2, -0.15) is 4.98 Å². The van der Waals surface area contributed by atoms with Crippen molar-refractivity contribution in [2.45, 2.75) is 0 Å². The van der Waals surface area contributed by atoms with Crippen molar-refractivity contribution < 1.29 is 18.9 Å². The maximum absolute atomic E-state index is 5.64. The van der Waals surface area contributed by atoms with Crippen LogP contribution in [0.5, 0.6) is 5.88 Å². The van der Waals surface area contributed by atoms with Crippen LogP contribution in [-0.2, 0) is 14.2 Å². The second-order valence-corrected chi connectivity index (χ2v) is 4.99. The Balaban J connectivity index is 1.65. The van der Waals surface area contributed by atoms with Crippen LogP contribution in [0.2, 0.25) is 0 Å². The van der Waals surface area contributed by atoms with Crippen molar-refractivity contribution in [1.82, 2.24) is 9.97 Å². The zero-order valence-electron chi connectivity index (χ0n) is 11.9. The molecule has 21 heavy (non-hydrogen) atoms. The Morgan fingerprint density at radius 3 is 2.52 bits per heavy atom. The number of nitrogens with two attached hydrogens (primary N) is 1. The van der Waals surface area contributed by atoms with E-state index in [0.29, 0.717) is 45.5 Å². The lowest BCUT2D eigenvalue weighted by molar-refractivity contribution is 0.0178. The monoisotopic (exact) mass is 313 g/mol. The number of ether oxygens (including phenoxy) is 4. The number of hydrogen-bond donors (Lipinski definition) is 1. The van der Waals surface area contributed by atoms with Crippen LogP contribution in [0.3, 0.4) is 0 Å². The topological polar surface area (TPSA) is 88.7 Å². The Labute approximate surface area is 127 Å². The molecule has 0 aliphatic rings. The van der Waals surface area contributed by atoms with E-state index in [1.165, 1.54) is 11.3 Å². The number of anilines is 1. The van der Waals surface area contributed by atoms with E-state index in [-0.39, 0.29) is 5.95 Å². The van der Waals surface area contributed by atoms with Gasteiger partial charge in [-0.1, -0.05) is 0 Å². The number of methoxy groups -OCH3 is 1. The number of rotatable bonds is 10. The molecule has 0 bridgehead atoms. The van der Waals surface area contributed by atoms with E-state index in [0.717, 1.165) is 10.2 Å². The largest absolute Gasteiger partial charge is 0.475 e. The van der Waals surface area contributed by atoms with Gasteiger partial charge in [0.2, 0.25) is 11.8 Å². The molecule has 2 aromatic rings. The van der Waals surface area contributed by atoms with Crippen molar-refractivity contribution in [2.24, 2.45) is 0 Å². The smallest absolute Gasteiger partial charge is 0.227 e. The van der Waals surface area contributed by atoms with Crippen molar-refractivity contribution in [3.8, 4) is 5.88 Å². The Morgan fingerprint density at radius 1 is 1.05 bits per heavy atom. The van der Waals surface area contributed by atoms with E-state index in [1.54, 1.807) is 7.11 Å². The van der Waals surface area contributed by atoms with Crippen LogP contribution in [0.15, 0.2) is 11.4 Å². The Kier molecular flexibility index (Phi) is 6.61. The minimum atomic E-state index is 0.215. The van der Waals surface area contributed by atoms with E-state index in [9.17, 15) is 0 Å². The van der Waals surface area contributed by atoms with Gasteiger partial charge in [0.25, 0.3) is 0 Å². The summed E-state index contributed by atoms with van der Waals surface area (Å²) in [6.07, 6.45) is 0. The van der Waals surface area contributed by atoms with Crippen molar-refractivity contribution in [3.05, 3.63) is 11.4 Å². The number of aromatic nitrogens is 2. The fourth-order valence-corrected chi connectivity index (χ4v) is 2.38. The van der Waals surface area contributed by atoms with Gasteiger partial charge in [-0.15, -0.1) is 11.3 Å². The molecule has 7 nitrogen and oxygen atoms in total. The number of thiophene rings is 1. The zero-order chi connectivity index (χ0) is 14.9. The molecular formula is C13H19N3O4S. The lowest BCUT2D eigenvalue weighted by Gasteiger charge is -2.08. The van der Waals surface area contributed by atoms with Crippen molar-refractivity contribution >= 4 is 27.5 Å². The zero-order valence-corrected chi connectivity index (χ0v) is 12.7. The van der Waals surface area contributed by atoms with Gasteiger partial charge in [-0.3, -0.25) is 0 Å². The van der Waals surface area contributed by atoms with E-state index >= 15 is 0 Å². The summed E-state index contributed by atoms with van der Waals surface area (Å²) >= 11 is 1.50. The molecular weight excluding hydrogens is 294 g/mol. The molecule has 0 unspecified atom stereocenters. The highest BCUT2D eigenvalue weighted by molar-refractivity contribution is 7.16. The van der Waals surface area contributed by atoms with Gasteiger partial charge in [0.05, 0.1) is 38.4 Å². The summed E-state index contributed by atoms with van der Waals surface area (Å²) in [5.41, 5.74) is 5.64. The molecule has 2 N–H and O–H groups in total. The fraction of sp³-hybridized carbons (Fsp3) is 0.538. The van der Waals surface area contributed by atoms with E-state index in [4.69, 9.17) is 24.7 Å². The van der Waals surface area contributed by atoms with Gasteiger partial charge >= 0.3 is 0 Å². The molecule has 0 aliphatic carbocycles. The molecule has 0 spiro atoms. The molecule has 2 rings (SSSR count). The summed E-state index contributed by atoms with van der Waals surface area (Å²) in [6, 6.07) is 1.92. The first-order valence-electron chi connectivity index (χ1n) is 6.59. The molecule has 0 aliphatic heterocycles. The summed E-state index contributed by atoms with van der Waals surface area (Å²) in [5, 5.41) is 2.80. The van der Waals surface area contributed by atoms with Crippen LogP contribution in [0.4, 0.5) is 5.95 Å². The van der Waals surface area contributed by atoms with Gasteiger partial charge in [-0.25, -0.2) is 4.98 Å². The lowest BCUT2D eigenvalue weighted by Crippen LogP contribution is -2.13. The molecule has 8 heteroatoms. The third kappa shape index (κ3) is 5.09. The van der Waals surface area contributed by atoms with Crippen molar-refractivity contribution in [2.75, 3.05) is 52.5 Å². The molecule has 2 aromatic heterocycles. The van der Waals surface area contributed by atoms with E-state index in [1.807, 2.05) is 11.4 Å². The van der Waals surface area contributed by atoms with Crippen LogP contribution >= 0.6 is 11.3 Å². The maximum atomic E-state index is 5.64. The first-order chi connectivity index (χ1) is 10.3. The van der Waals surface area contributed by atoms with Crippen LogP contribution in [0, 0.1) is 0 Å². The van der Waals surface area contributed by atoms with Crippen LogP contribution in [0.25, 0.3) is 10.2 Å². The molecule has 0 atom stereocenters. The number of nitrogen functional groups attached to an aromatic ring is 1. The third-order valence-electron chi connectivity index (χ3n) is 2.58. The van der Waals surface area contributed by atoms with Gasteiger partial charge in [0.1, 0.15) is 11.4 Å². The highest BCUT2D eigenvalue weighted by Gasteiger charge is 2.08. The summed E-state index contributed by atoms with van der Waals surface area (Å²) in [7, 11) is 1.64. The standard InChI is InChI=1S/C13H19N3O4S/c1-17-3-4-18-5-6-19-7-8-20-11-10-2-9-21-12(10)16-13(14)15-11/h2,9H,3-8H2,1H3,(H2,14,15,16). The molecule has 0 radical (unpaired) electrons. The maximum Gasteiger partial charge on any atom is 0.227 e. The number of nitrogens with zero attached hydrogens (tertiary/aromatic N) is 2. The summed E-state index contributed by atoms with van der Waals surface area (Å²) in [5.74, 6) is 0.714. The minimum Gasteiger partial charge on any atom is -0.475 e. The third-order valence-corrected chi connectivity index (χ3v) is 3.38. The molecule has 0 amide bonds. The highest BCUT2D eigenvalue weighted by Crippen LogP contribution is 2.27. The Bertz CT molecular complexity index is 549. The van der Waals surface area contributed by atoms with Gasteiger partial charge < -0.3 is 24.7 Å². The minimum absolute atomic E-state index is 0.215. The molecule has 0 aromatic carbocycles. The number of hydrogen-bond acceptors (Lipinski definition) is 8. The highest BCUT2D eigenvalue weighted by atomic mass is 32.1. The predicted octanol–water partition coefficient (Wildman–Crippen LogP) is 1.33. The number of fused-ring (bicyclic) bond motifs is 1. The first kappa shape index (κ1) is 15.9. The predicted molar refractivity (Wildman–Crippen MR) is 80.8 cm³/mol. The van der Waals surface area contributed by atoms with Crippen molar-refractivity contribution in [1.29, 1.82) is 0 Å². The summed E-state index contributed by atoms with van der Waals surface area (Å²) < 4.78 is 21.1. The molecule has 0 saturated heterocycles.